The summed E-state index contributed by atoms with van der Waals surface area (Å²) < 4.78 is 59.3. The maximum absolute atomic E-state index is 13.7. The summed E-state index contributed by atoms with van der Waals surface area (Å²) in [6.07, 6.45) is 0.551. The van der Waals surface area contributed by atoms with Crippen LogP contribution in [0.3, 0.4) is 0 Å². The van der Waals surface area contributed by atoms with Gasteiger partial charge in [0.25, 0.3) is 0 Å². The topological polar surface area (TPSA) is 58.6 Å². The highest BCUT2D eigenvalue weighted by Crippen LogP contribution is 2.22. The van der Waals surface area contributed by atoms with Crippen LogP contribution in [0.15, 0.2) is 53.4 Å². The van der Waals surface area contributed by atoms with Crippen LogP contribution in [0.4, 0.5) is 8.78 Å². The monoisotopic (exact) mass is 396 g/mol. The smallest absolute Gasteiger partial charge is 0.243 e. The largest absolute Gasteiger partial charge is 0.371 e. The molecule has 0 aromatic heterocycles. The van der Waals surface area contributed by atoms with Crippen molar-refractivity contribution in [2.75, 3.05) is 32.8 Å². The summed E-state index contributed by atoms with van der Waals surface area (Å²) in [5, 5.41) is 0. The van der Waals surface area contributed by atoms with E-state index in [-0.39, 0.29) is 12.6 Å². The van der Waals surface area contributed by atoms with Gasteiger partial charge in [-0.1, -0.05) is 30.3 Å². The Morgan fingerprint density at radius 2 is 1.93 bits per heavy atom. The van der Waals surface area contributed by atoms with E-state index < -0.39 is 26.6 Å². The number of halogens is 2. The third-order valence-corrected chi connectivity index (χ3v) is 5.92. The molecule has 0 amide bonds. The van der Waals surface area contributed by atoms with Crippen LogP contribution in [0.2, 0.25) is 0 Å². The minimum Gasteiger partial charge on any atom is -0.371 e. The molecule has 1 atom stereocenters. The van der Waals surface area contributed by atoms with Crippen molar-refractivity contribution in [3.63, 3.8) is 0 Å². The van der Waals surface area contributed by atoms with Gasteiger partial charge in [0, 0.05) is 19.6 Å². The molecule has 1 fully saturated rings. The zero-order chi connectivity index (χ0) is 19.3. The van der Waals surface area contributed by atoms with Gasteiger partial charge < -0.3 is 4.74 Å². The summed E-state index contributed by atoms with van der Waals surface area (Å²) in [5.41, 5.74) is 1.12. The lowest BCUT2D eigenvalue weighted by Crippen LogP contribution is -2.39. The van der Waals surface area contributed by atoms with Gasteiger partial charge >= 0.3 is 0 Å². The summed E-state index contributed by atoms with van der Waals surface area (Å²) in [4.78, 5) is 1.54. The third-order valence-electron chi connectivity index (χ3n) is 4.45. The molecule has 1 aliphatic heterocycles. The standard InChI is InChI=1S/C19H22F2N2O3S/c20-16-7-8-17(21)19(13-16)27(24,25)22-9-4-10-23-11-12-26-18(14-23)15-5-2-1-3-6-15/h1-3,5-8,13,18,22H,4,9-12,14H2/t18-/m0/s1. The van der Waals surface area contributed by atoms with Crippen molar-refractivity contribution in [2.45, 2.75) is 17.4 Å². The number of benzene rings is 2. The molecule has 5 nitrogen and oxygen atoms in total. The van der Waals surface area contributed by atoms with E-state index >= 15 is 0 Å². The molecule has 2 aromatic carbocycles. The summed E-state index contributed by atoms with van der Waals surface area (Å²) in [6.45, 7) is 2.94. The first-order valence-electron chi connectivity index (χ1n) is 8.79. The molecule has 0 aliphatic carbocycles. The molecule has 27 heavy (non-hydrogen) atoms. The second kappa shape index (κ2) is 8.88. The van der Waals surface area contributed by atoms with Crippen LogP contribution in [-0.4, -0.2) is 46.1 Å². The molecule has 0 unspecified atom stereocenters. The van der Waals surface area contributed by atoms with E-state index in [0.717, 1.165) is 30.8 Å². The van der Waals surface area contributed by atoms with Gasteiger partial charge in [0.1, 0.15) is 16.5 Å². The van der Waals surface area contributed by atoms with Crippen molar-refractivity contribution in [3.05, 3.63) is 65.7 Å². The SMILES string of the molecule is O=S(=O)(NCCCN1CCO[C@H](c2ccccc2)C1)c1cc(F)ccc1F. The predicted octanol–water partition coefficient (Wildman–Crippen LogP) is 2.71. The van der Waals surface area contributed by atoms with Gasteiger partial charge in [-0.25, -0.2) is 21.9 Å². The van der Waals surface area contributed by atoms with E-state index in [0.29, 0.717) is 25.6 Å². The quantitative estimate of drug-likeness (QED) is 0.731. The summed E-state index contributed by atoms with van der Waals surface area (Å²) in [6, 6.07) is 12.3. The Bertz CT molecular complexity index is 863. The van der Waals surface area contributed by atoms with Gasteiger partial charge in [0.15, 0.2) is 0 Å². The molecular formula is C19H22F2N2O3S. The van der Waals surface area contributed by atoms with Gasteiger partial charge in [-0.2, -0.15) is 0 Å². The van der Waals surface area contributed by atoms with Crippen LogP contribution in [0.5, 0.6) is 0 Å². The Balaban J connectivity index is 1.49. The van der Waals surface area contributed by atoms with E-state index in [9.17, 15) is 17.2 Å². The molecule has 8 heteroatoms. The number of nitrogens with zero attached hydrogens (tertiary/aromatic N) is 1. The van der Waals surface area contributed by atoms with Crippen LogP contribution >= 0.6 is 0 Å². The van der Waals surface area contributed by atoms with E-state index in [2.05, 4.69) is 9.62 Å². The normalized spacial score (nSPS) is 18.5. The van der Waals surface area contributed by atoms with Crippen LogP contribution < -0.4 is 4.72 Å². The van der Waals surface area contributed by atoms with Crippen molar-refractivity contribution < 1.29 is 21.9 Å². The molecule has 146 valence electrons. The molecule has 1 heterocycles. The van der Waals surface area contributed by atoms with Crippen LogP contribution in [0, 0.1) is 11.6 Å². The third kappa shape index (κ3) is 5.32. The highest BCUT2D eigenvalue weighted by atomic mass is 32.2. The Morgan fingerprint density at radius 1 is 1.15 bits per heavy atom. The number of hydrogen-bond acceptors (Lipinski definition) is 4. The molecule has 1 saturated heterocycles. The van der Waals surface area contributed by atoms with Gasteiger partial charge in [-0.05, 0) is 36.7 Å². The van der Waals surface area contributed by atoms with Gasteiger partial charge in [0.2, 0.25) is 10.0 Å². The number of ether oxygens (including phenoxy) is 1. The number of sulfonamides is 1. The number of morpholine rings is 1. The summed E-state index contributed by atoms with van der Waals surface area (Å²) in [5.74, 6) is -1.76. The predicted molar refractivity (Wildman–Crippen MR) is 97.7 cm³/mol. The fourth-order valence-corrected chi connectivity index (χ4v) is 4.21. The first kappa shape index (κ1) is 19.9. The molecule has 1 aliphatic rings. The van der Waals surface area contributed by atoms with Gasteiger partial charge in [-0.3, -0.25) is 4.90 Å². The lowest BCUT2D eigenvalue weighted by molar-refractivity contribution is -0.0300. The molecule has 2 aromatic rings. The zero-order valence-corrected chi connectivity index (χ0v) is 15.6. The Kier molecular flexibility index (Phi) is 6.54. The highest BCUT2D eigenvalue weighted by Gasteiger charge is 2.22. The first-order valence-corrected chi connectivity index (χ1v) is 10.3. The minimum atomic E-state index is -4.08. The molecular weight excluding hydrogens is 374 g/mol. The maximum atomic E-state index is 13.7. The Labute approximate surface area is 158 Å². The molecule has 1 N–H and O–H groups in total. The fraction of sp³-hybridized carbons (Fsp3) is 0.368. The van der Waals surface area contributed by atoms with Crippen molar-refractivity contribution in [1.82, 2.24) is 9.62 Å². The Hall–Kier alpha value is -1.87. The van der Waals surface area contributed by atoms with Crippen LogP contribution in [-0.2, 0) is 14.8 Å². The second-order valence-corrected chi connectivity index (χ2v) is 8.13. The lowest BCUT2D eigenvalue weighted by atomic mass is 10.1. The lowest BCUT2D eigenvalue weighted by Gasteiger charge is -2.33. The first-order chi connectivity index (χ1) is 13.0. The maximum Gasteiger partial charge on any atom is 0.243 e. The van der Waals surface area contributed by atoms with Crippen molar-refractivity contribution in [1.29, 1.82) is 0 Å². The average Bonchev–Trinajstić information content (AvgIpc) is 2.68. The molecule has 0 spiro atoms. The zero-order valence-electron chi connectivity index (χ0n) is 14.8. The minimum absolute atomic E-state index is 0.00182. The van der Waals surface area contributed by atoms with E-state index in [1.54, 1.807) is 0 Å². The summed E-state index contributed by atoms with van der Waals surface area (Å²) in [7, 11) is -4.08. The van der Waals surface area contributed by atoms with E-state index in [4.69, 9.17) is 4.74 Å². The average molecular weight is 396 g/mol. The number of nitrogens with one attached hydrogen (secondary N) is 1. The van der Waals surface area contributed by atoms with Crippen molar-refractivity contribution in [3.8, 4) is 0 Å². The van der Waals surface area contributed by atoms with Gasteiger partial charge in [-0.15, -0.1) is 0 Å². The van der Waals surface area contributed by atoms with Gasteiger partial charge in [0.05, 0.1) is 12.7 Å². The molecule has 0 saturated carbocycles. The number of hydrogen-bond donors (Lipinski definition) is 1. The fourth-order valence-electron chi connectivity index (χ4n) is 3.05. The van der Waals surface area contributed by atoms with Crippen LogP contribution in [0.25, 0.3) is 0 Å². The highest BCUT2D eigenvalue weighted by molar-refractivity contribution is 7.89. The van der Waals surface area contributed by atoms with Crippen LogP contribution in [0.1, 0.15) is 18.1 Å². The van der Waals surface area contributed by atoms with E-state index in [1.807, 2.05) is 30.3 Å². The molecule has 0 radical (unpaired) electrons. The molecule has 0 bridgehead atoms. The van der Waals surface area contributed by atoms with E-state index in [1.165, 1.54) is 0 Å². The summed E-state index contributed by atoms with van der Waals surface area (Å²) >= 11 is 0. The van der Waals surface area contributed by atoms with Crippen molar-refractivity contribution in [2.24, 2.45) is 0 Å². The Morgan fingerprint density at radius 3 is 2.70 bits per heavy atom. The number of rotatable bonds is 7. The second-order valence-electron chi connectivity index (χ2n) is 6.40. The van der Waals surface area contributed by atoms with Crippen molar-refractivity contribution >= 4 is 10.0 Å². The molecule has 3 rings (SSSR count).